The summed E-state index contributed by atoms with van der Waals surface area (Å²) in [4.78, 5) is 4.74. The summed E-state index contributed by atoms with van der Waals surface area (Å²) in [7, 11) is 0. The first-order chi connectivity index (χ1) is 8.24. The first-order valence-electron chi connectivity index (χ1n) is 5.36. The van der Waals surface area contributed by atoms with Crippen LogP contribution < -0.4 is 0 Å². The quantitative estimate of drug-likeness (QED) is 0.570. The normalized spacial score (nSPS) is 10.9. The Kier molecular flexibility index (Phi) is 2.88. The highest BCUT2D eigenvalue weighted by Gasteiger charge is 2.07. The molecule has 0 aliphatic heterocycles. The summed E-state index contributed by atoms with van der Waals surface area (Å²) in [5.74, 6) is 0. The smallest absolute Gasteiger partial charge is 0.124 e. The van der Waals surface area contributed by atoms with Gasteiger partial charge in [0, 0.05) is 9.13 Å². The number of rotatable bonds is 1. The van der Waals surface area contributed by atoms with Gasteiger partial charge in [-0.3, -0.25) is 0 Å². The maximum atomic E-state index is 4.74. The molecule has 0 spiro atoms. The monoisotopic (exact) mass is 351 g/mol. The molecule has 0 amide bonds. The maximum absolute atomic E-state index is 4.74. The molecule has 0 bridgehead atoms. The molecule has 1 heterocycles. The minimum absolute atomic E-state index is 1.10. The second-order valence-electron chi connectivity index (χ2n) is 3.95. The lowest BCUT2D eigenvalue weighted by Gasteiger charge is -1.95. The van der Waals surface area contributed by atoms with Crippen LogP contribution in [0.5, 0.6) is 0 Å². The molecule has 17 heavy (non-hydrogen) atoms. The zero-order valence-corrected chi connectivity index (χ0v) is 12.2. The van der Waals surface area contributed by atoms with E-state index in [1.54, 1.807) is 11.3 Å². The minimum atomic E-state index is 1.10. The zero-order chi connectivity index (χ0) is 11.8. The second-order valence-corrected chi connectivity index (χ2v) is 6.23. The van der Waals surface area contributed by atoms with E-state index in [4.69, 9.17) is 4.98 Å². The van der Waals surface area contributed by atoms with Crippen molar-refractivity contribution in [3.8, 4) is 10.6 Å². The number of hydrogen-bond donors (Lipinski definition) is 0. The van der Waals surface area contributed by atoms with E-state index in [2.05, 4.69) is 72.0 Å². The fourth-order valence-corrected chi connectivity index (χ4v) is 3.41. The lowest BCUT2D eigenvalue weighted by Crippen LogP contribution is -1.78. The molecule has 84 valence electrons. The Morgan fingerprint density at radius 2 is 1.94 bits per heavy atom. The molecule has 0 aliphatic rings. The van der Waals surface area contributed by atoms with Crippen LogP contribution in [-0.2, 0) is 0 Å². The van der Waals surface area contributed by atoms with Crippen LogP contribution in [0.4, 0.5) is 0 Å². The van der Waals surface area contributed by atoms with Gasteiger partial charge in [0.2, 0.25) is 0 Å². The van der Waals surface area contributed by atoms with Crippen molar-refractivity contribution in [2.24, 2.45) is 0 Å². The highest BCUT2D eigenvalue weighted by Crippen LogP contribution is 2.31. The third kappa shape index (κ3) is 2.09. The van der Waals surface area contributed by atoms with E-state index >= 15 is 0 Å². The number of nitrogens with zero attached hydrogens (tertiary/aromatic N) is 1. The maximum Gasteiger partial charge on any atom is 0.124 e. The summed E-state index contributed by atoms with van der Waals surface area (Å²) in [6.07, 6.45) is 0. The first kappa shape index (κ1) is 11.2. The number of benzene rings is 2. The van der Waals surface area contributed by atoms with Gasteiger partial charge in [0.15, 0.2) is 0 Å². The van der Waals surface area contributed by atoms with E-state index in [-0.39, 0.29) is 0 Å². The second kappa shape index (κ2) is 4.38. The van der Waals surface area contributed by atoms with Gasteiger partial charge >= 0.3 is 0 Å². The largest absolute Gasteiger partial charge is 0.236 e. The standard InChI is InChI=1S/C14H10INS/c1-9-4-2-7-12-13(9)16-14(17-12)10-5-3-6-11(15)8-10/h2-8H,1H3. The molecular weight excluding hydrogens is 341 g/mol. The fourth-order valence-electron chi connectivity index (χ4n) is 1.83. The zero-order valence-electron chi connectivity index (χ0n) is 9.27. The molecule has 0 atom stereocenters. The molecule has 1 aromatic heterocycles. The molecule has 0 radical (unpaired) electrons. The summed E-state index contributed by atoms with van der Waals surface area (Å²) in [5, 5.41) is 1.10. The highest BCUT2D eigenvalue weighted by atomic mass is 127. The minimum Gasteiger partial charge on any atom is -0.236 e. The molecule has 3 aromatic rings. The number of aromatic nitrogens is 1. The Hall–Kier alpha value is -0.940. The first-order valence-corrected chi connectivity index (χ1v) is 7.26. The molecule has 0 saturated carbocycles. The Morgan fingerprint density at radius 3 is 2.71 bits per heavy atom. The van der Waals surface area contributed by atoms with Crippen molar-refractivity contribution < 1.29 is 0 Å². The molecule has 0 fully saturated rings. The van der Waals surface area contributed by atoms with Crippen LogP contribution in [0.3, 0.4) is 0 Å². The average Bonchev–Trinajstić information content (AvgIpc) is 2.74. The number of hydrogen-bond acceptors (Lipinski definition) is 2. The number of thiazole rings is 1. The predicted molar refractivity (Wildman–Crippen MR) is 82.5 cm³/mol. The Bertz CT molecular complexity index is 688. The molecule has 0 unspecified atom stereocenters. The lowest BCUT2D eigenvalue weighted by molar-refractivity contribution is 1.42. The van der Waals surface area contributed by atoms with Gasteiger partial charge in [-0.1, -0.05) is 24.3 Å². The van der Waals surface area contributed by atoms with Crippen LogP contribution >= 0.6 is 33.9 Å². The van der Waals surface area contributed by atoms with Gasteiger partial charge in [0.25, 0.3) is 0 Å². The summed E-state index contributed by atoms with van der Waals surface area (Å²) < 4.78 is 2.51. The molecule has 1 nitrogen and oxygen atoms in total. The molecular formula is C14H10INS. The fraction of sp³-hybridized carbons (Fsp3) is 0.0714. The van der Waals surface area contributed by atoms with Gasteiger partial charge in [-0.2, -0.15) is 0 Å². The molecule has 3 rings (SSSR count). The van der Waals surface area contributed by atoms with Crippen molar-refractivity contribution in [3.05, 3.63) is 51.6 Å². The SMILES string of the molecule is Cc1cccc2sc(-c3cccc(I)c3)nc12. The van der Waals surface area contributed by atoms with Gasteiger partial charge in [-0.25, -0.2) is 4.98 Å². The molecule has 0 N–H and O–H groups in total. The Morgan fingerprint density at radius 1 is 1.12 bits per heavy atom. The summed E-state index contributed by atoms with van der Waals surface area (Å²) in [6.45, 7) is 2.11. The number of fused-ring (bicyclic) bond motifs is 1. The third-order valence-electron chi connectivity index (χ3n) is 2.69. The van der Waals surface area contributed by atoms with Crippen molar-refractivity contribution in [2.75, 3.05) is 0 Å². The van der Waals surface area contributed by atoms with E-state index in [0.717, 1.165) is 10.5 Å². The van der Waals surface area contributed by atoms with Crippen LogP contribution in [0.25, 0.3) is 20.8 Å². The molecule has 3 heteroatoms. The number of aryl methyl sites for hydroxylation is 1. The number of para-hydroxylation sites is 1. The highest BCUT2D eigenvalue weighted by molar-refractivity contribution is 14.1. The van der Waals surface area contributed by atoms with Crippen molar-refractivity contribution >= 4 is 44.1 Å². The van der Waals surface area contributed by atoms with Crippen LogP contribution in [-0.4, -0.2) is 4.98 Å². The molecule has 0 saturated heterocycles. The van der Waals surface area contributed by atoms with Crippen LogP contribution in [0, 0.1) is 10.5 Å². The predicted octanol–water partition coefficient (Wildman–Crippen LogP) is 4.88. The van der Waals surface area contributed by atoms with Crippen LogP contribution in [0.2, 0.25) is 0 Å². The summed E-state index contributed by atoms with van der Waals surface area (Å²) >= 11 is 4.09. The van der Waals surface area contributed by atoms with E-state index in [1.165, 1.54) is 19.4 Å². The Labute approximate surface area is 118 Å². The van der Waals surface area contributed by atoms with E-state index < -0.39 is 0 Å². The van der Waals surface area contributed by atoms with Crippen molar-refractivity contribution in [1.29, 1.82) is 0 Å². The molecule has 2 aromatic carbocycles. The van der Waals surface area contributed by atoms with Crippen molar-refractivity contribution in [3.63, 3.8) is 0 Å². The summed E-state index contributed by atoms with van der Waals surface area (Å²) in [6, 6.07) is 14.8. The Balaban J connectivity index is 2.22. The third-order valence-corrected chi connectivity index (χ3v) is 4.43. The van der Waals surface area contributed by atoms with Crippen molar-refractivity contribution in [1.82, 2.24) is 4.98 Å². The molecule has 0 aliphatic carbocycles. The van der Waals surface area contributed by atoms with Crippen molar-refractivity contribution in [2.45, 2.75) is 6.92 Å². The summed E-state index contributed by atoms with van der Waals surface area (Å²) in [5.41, 5.74) is 3.58. The van der Waals surface area contributed by atoms with Gasteiger partial charge in [-0.05, 0) is 53.3 Å². The van der Waals surface area contributed by atoms with Crippen LogP contribution in [0.15, 0.2) is 42.5 Å². The van der Waals surface area contributed by atoms with Gasteiger partial charge in [-0.15, -0.1) is 11.3 Å². The van der Waals surface area contributed by atoms with E-state index in [1.807, 2.05) is 0 Å². The topological polar surface area (TPSA) is 12.9 Å². The number of halogens is 1. The lowest BCUT2D eigenvalue weighted by atomic mass is 10.2. The van der Waals surface area contributed by atoms with E-state index in [0.29, 0.717) is 0 Å². The van der Waals surface area contributed by atoms with Gasteiger partial charge < -0.3 is 0 Å². The van der Waals surface area contributed by atoms with Gasteiger partial charge in [0.1, 0.15) is 5.01 Å². The van der Waals surface area contributed by atoms with Gasteiger partial charge in [0.05, 0.1) is 10.2 Å². The van der Waals surface area contributed by atoms with Crippen LogP contribution in [0.1, 0.15) is 5.56 Å². The average molecular weight is 351 g/mol. The van der Waals surface area contributed by atoms with E-state index in [9.17, 15) is 0 Å².